The molecule has 1 aromatic carbocycles. The normalized spacial score (nSPS) is 10.5. The van der Waals surface area contributed by atoms with Crippen LogP contribution < -0.4 is 10.7 Å². The van der Waals surface area contributed by atoms with E-state index in [-0.39, 0.29) is 0 Å². The number of rotatable bonds is 2. The Morgan fingerprint density at radius 2 is 1.70 bits per heavy atom. The average Bonchev–Trinajstić information content (AvgIpc) is 2.58. The van der Waals surface area contributed by atoms with E-state index in [1.54, 1.807) is 19.3 Å². The lowest BCUT2D eigenvalue weighted by molar-refractivity contribution is -0.250. The van der Waals surface area contributed by atoms with E-state index >= 15 is 0 Å². The fraction of sp³-hybridized carbons (Fsp3) is 0.0588. The molecule has 0 aliphatic heterocycles. The summed E-state index contributed by atoms with van der Waals surface area (Å²) < 4.78 is 0.540. The van der Waals surface area contributed by atoms with Crippen molar-refractivity contribution >= 4 is 6.09 Å². The van der Waals surface area contributed by atoms with E-state index in [0.29, 0.717) is 27.1 Å². The predicted molar refractivity (Wildman–Crippen MR) is 82.7 cm³/mol. The van der Waals surface area contributed by atoms with Gasteiger partial charge in [-0.05, 0) is 18.6 Å². The highest BCUT2D eigenvalue weighted by atomic mass is 16.4. The molecule has 0 fully saturated rings. The Morgan fingerprint density at radius 1 is 1.04 bits per heavy atom. The molecule has 6 nitrogen and oxygen atoms in total. The van der Waals surface area contributed by atoms with Gasteiger partial charge in [0.25, 0.3) is 5.56 Å². The van der Waals surface area contributed by atoms with Gasteiger partial charge in [-0.15, -0.1) is 0 Å². The quantitative estimate of drug-likeness (QED) is 0.715. The first kappa shape index (κ1) is 14.6. The van der Waals surface area contributed by atoms with Crippen LogP contribution in [0.5, 0.6) is 0 Å². The first-order valence-corrected chi connectivity index (χ1v) is 6.89. The number of pyridine rings is 1. The van der Waals surface area contributed by atoms with Gasteiger partial charge in [0.1, 0.15) is 6.09 Å². The Balaban J connectivity index is 2.02. The van der Waals surface area contributed by atoms with Crippen LogP contribution in [0.1, 0.15) is 5.56 Å². The van der Waals surface area contributed by atoms with Gasteiger partial charge in [0, 0.05) is 35.3 Å². The monoisotopic (exact) mass is 306 g/mol. The van der Waals surface area contributed by atoms with Crippen molar-refractivity contribution in [1.82, 2.24) is 14.5 Å². The van der Waals surface area contributed by atoms with Crippen molar-refractivity contribution in [1.29, 1.82) is 0 Å². The van der Waals surface area contributed by atoms with Crippen LogP contribution in [-0.4, -0.2) is 20.6 Å². The molecule has 114 valence electrons. The fourth-order valence-corrected chi connectivity index (χ4v) is 2.30. The topological polar surface area (TPSA) is 87.9 Å². The van der Waals surface area contributed by atoms with Crippen molar-refractivity contribution in [2.75, 3.05) is 0 Å². The van der Waals surface area contributed by atoms with Gasteiger partial charge in [0.15, 0.2) is 5.82 Å². The van der Waals surface area contributed by atoms with Crippen LogP contribution >= 0.6 is 0 Å². The molecule has 23 heavy (non-hydrogen) atoms. The average molecular weight is 306 g/mol. The fourth-order valence-electron chi connectivity index (χ4n) is 2.30. The molecule has 0 aliphatic carbocycles. The summed E-state index contributed by atoms with van der Waals surface area (Å²) in [4.78, 5) is 31.5. The number of carbonyl (C=O) groups is 1. The standard InChI is InChI=1S/C17H13N3O3/c1-11-14(7-8-20(16(11)21)17(22)23)13-9-18-15(19-10-13)12-5-3-2-4-6-12/h2-10H,1H3,(H,22,23)/p-1. The van der Waals surface area contributed by atoms with Crippen LogP contribution in [0.25, 0.3) is 22.5 Å². The maximum atomic E-state index is 12.0. The number of hydrogen-bond donors (Lipinski definition) is 0. The molecule has 2 aromatic heterocycles. The molecule has 6 heteroatoms. The molecule has 0 saturated heterocycles. The molecule has 0 unspecified atom stereocenters. The van der Waals surface area contributed by atoms with Crippen LogP contribution in [0, 0.1) is 6.92 Å². The lowest BCUT2D eigenvalue weighted by Crippen LogP contribution is -2.37. The Hall–Kier alpha value is -3.28. The molecule has 0 N–H and O–H groups in total. The molecule has 3 aromatic rings. The van der Waals surface area contributed by atoms with Gasteiger partial charge in [-0.3, -0.25) is 9.36 Å². The predicted octanol–water partition coefficient (Wildman–Crippen LogP) is 1.47. The summed E-state index contributed by atoms with van der Waals surface area (Å²) in [5.74, 6) is 0.579. The Kier molecular flexibility index (Phi) is 3.72. The van der Waals surface area contributed by atoms with Gasteiger partial charge in [-0.1, -0.05) is 30.3 Å². The SMILES string of the molecule is Cc1c(-c2cnc(-c3ccccc3)nc2)ccn(C(=O)[O-])c1=O. The van der Waals surface area contributed by atoms with E-state index in [1.807, 2.05) is 30.3 Å². The number of carbonyl (C=O) groups excluding carboxylic acids is 1. The molecule has 0 amide bonds. The summed E-state index contributed by atoms with van der Waals surface area (Å²) in [7, 11) is 0. The van der Waals surface area contributed by atoms with E-state index < -0.39 is 11.7 Å². The number of hydrogen-bond acceptors (Lipinski definition) is 5. The Bertz CT molecular complexity index is 916. The largest absolute Gasteiger partial charge is 0.529 e. The summed E-state index contributed by atoms with van der Waals surface area (Å²) in [5, 5.41) is 10.9. The second kappa shape index (κ2) is 5.84. The van der Waals surface area contributed by atoms with E-state index in [1.165, 1.54) is 12.3 Å². The maximum Gasteiger partial charge on any atom is 0.259 e. The molecule has 0 atom stereocenters. The van der Waals surface area contributed by atoms with Gasteiger partial charge in [-0.25, -0.2) is 9.97 Å². The van der Waals surface area contributed by atoms with Gasteiger partial charge in [-0.2, -0.15) is 0 Å². The second-order valence-electron chi connectivity index (χ2n) is 4.96. The van der Waals surface area contributed by atoms with Gasteiger partial charge < -0.3 is 9.90 Å². The summed E-state index contributed by atoms with van der Waals surface area (Å²) in [6, 6.07) is 11.1. The lowest BCUT2D eigenvalue weighted by Gasteiger charge is -2.10. The minimum absolute atomic E-state index is 0.299. The number of nitrogens with zero attached hydrogens (tertiary/aromatic N) is 3. The highest BCUT2D eigenvalue weighted by molar-refractivity contribution is 5.70. The molecular weight excluding hydrogens is 294 g/mol. The Labute approximate surface area is 131 Å². The number of benzene rings is 1. The smallest absolute Gasteiger partial charge is 0.259 e. The molecule has 0 spiro atoms. The third-order valence-corrected chi connectivity index (χ3v) is 3.53. The van der Waals surface area contributed by atoms with Gasteiger partial charge in [0.2, 0.25) is 0 Å². The molecule has 3 rings (SSSR count). The van der Waals surface area contributed by atoms with Gasteiger partial charge >= 0.3 is 0 Å². The zero-order valence-electron chi connectivity index (χ0n) is 12.3. The summed E-state index contributed by atoms with van der Waals surface area (Å²) in [5.41, 5.74) is 1.79. The summed E-state index contributed by atoms with van der Waals surface area (Å²) in [6.45, 7) is 1.56. The first-order chi connectivity index (χ1) is 11.1. The van der Waals surface area contributed by atoms with Crippen molar-refractivity contribution in [3.05, 3.63) is 70.9 Å². The molecule has 0 bridgehead atoms. The van der Waals surface area contributed by atoms with E-state index in [2.05, 4.69) is 9.97 Å². The lowest BCUT2D eigenvalue weighted by atomic mass is 10.1. The summed E-state index contributed by atoms with van der Waals surface area (Å²) in [6.07, 6.45) is 2.84. The first-order valence-electron chi connectivity index (χ1n) is 6.89. The third kappa shape index (κ3) is 2.74. The zero-order chi connectivity index (χ0) is 16.4. The van der Waals surface area contributed by atoms with Crippen LogP contribution in [0.2, 0.25) is 0 Å². The van der Waals surface area contributed by atoms with Crippen LogP contribution in [-0.2, 0) is 0 Å². The van der Waals surface area contributed by atoms with E-state index in [0.717, 1.165) is 5.56 Å². The van der Waals surface area contributed by atoms with Crippen molar-refractivity contribution < 1.29 is 9.90 Å². The van der Waals surface area contributed by atoms with Crippen LogP contribution in [0.4, 0.5) is 4.79 Å². The van der Waals surface area contributed by atoms with Crippen molar-refractivity contribution in [3.8, 4) is 22.5 Å². The second-order valence-corrected chi connectivity index (χ2v) is 4.96. The summed E-state index contributed by atoms with van der Waals surface area (Å²) >= 11 is 0. The van der Waals surface area contributed by atoms with Crippen molar-refractivity contribution in [2.24, 2.45) is 0 Å². The van der Waals surface area contributed by atoms with Gasteiger partial charge in [0.05, 0.1) is 0 Å². The molecule has 2 heterocycles. The maximum absolute atomic E-state index is 12.0. The van der Waals surface area contributed by atoms with Crippen molar-refractivity contribution in [2.45, 2.75) is 6.92 Å². The number of aromatic nitrogens is 3. The zero-order valence-corrected chi connectivity index (χ0v) is 12.3. The third-order valence-electron chi connectivity index (χ3n) is 3.53. The number of carboxylic acid groups (broad SMARTS) is 1. The minimum Gasteiger partial charge on any atom is -0.529 e. The molecular formula is C17H12N3O3-. The van der Waals surface area contributed by atoms with Crippen LogP contribution in [0.3, 0.4) is 0 Å². The molecule has 0 radical (unpaired) electrons. The highest BCUT2D eigenvalue weighted by Gasteiger charge is 2.10. The van der Waals surface area contributed by atoms with E-state index in [9.17, 15) is 14.7 Å². The Morgan fingerprint density at radius 3 is 2.30 bits per heavy atom. The molecule has 0 aliphatic rings. The van der Waals surface area contributed by atoms with Crippen LogP contribution in [0.15, 0.2) is 59.8 Å². The highest BCUT2D eigenvalue weighted by Crippen LogP contribution is 2.21. The molecule has 0 saturated carbocycles. The van der Waals surface area contributed by atoms with E-state index in [4.69, 9.17) is 0 Å². The van der Waals surface area contributed by atoms with Crippen molar-refractivity contribution in [3.63, 3.8) is 0 Å². The minimum atomic E-state index is -1.56.